The molecule has 2 saturated heterocycles. The molecular formula is C24H31NO8. The summed E-state index contributed by atoms with van der Waals surface area (Å²) in [6.45, 7) is 6.84. The Hall–Kier alpha value is -2.49. The standard InChI is InChI=1S/C24H31NO8/c1-15(2)5-10-19-23(3,33-19)21-20(29-4)18(11-12-24(21)14-31-24)32-22(26)30-13-16-6-8-17(9-7-16)25(27)28/h5-9,18-21H,10-14H2,1-4H3/t18-,19-,20-,21-,23+,24+/m1/s1. The van der Waals surface area contributed by atoms with Gasteiger partial charge in [-0.15, -0.1) is 0 Å². The smallest absolute Gasteiger partial charge is 0.429 e. The van der Waals surface area contributed by atoms with Gasteiger partial charge in [-0.2, -0.15) is 0 Å². The monoisotopic (exact) mass is 461 g/mol. The predicted octanol–water partition coefficient (Wildman–Crippen LogP) is 4.32. The number of nitro groups is 1. The predicted molar refractivity (Wildman–Crippen MR) is 118 cm³/mol. The molecule has 2 heterocycles. The summed E-state index contributed by atoms with van der Waals surface area (Å²) in [7, 11) is 1.62. The molecule has 2 aliphatic heterocycles. The van der Waals surface area contributed by atoms with Gasteiger partial charge in [0.2, 0.25) is 0 Å². The van der Waals surface area contributed by atoms with E-state index < -0.39 is 22.8 Å². The average Bonchev–Trinajstić information content (AvgIpc) is 3.69. The number of epoxide rings is 2. The number of ether oxygens (including phenoxy) is 5. The van der Waals surface area contributed by atoms with Crippen LogP contribution in [0.5, 0.6) is 0 Å². The fourth-order valence-corrected chi connectivity index (χ4v) is 5.08. The van der Waals surface area contributed by atoms with E-state index in [2.05, 4.69) is 26.8 Å². The second kappa shape index (κ2) is 9.04. The third-order valence-corrected chi connectivity index (χ3v) is 6.99. The first-order chi connectivity index (χ1) is 15.7. The van der Waals surface area contributed by atoms with Crippen LogP contribution in [0.1, 0.15) is 45.6 Å². The van der Waals surface area contributed by atoms with Gasteiger partial charge in [-0.1, -0.05) is 11.6 Å². The molecule has 3 aliphatic rings. The summed E-state index contributed by atoms with van der Waals surface area (Å²) in [6, 6.07) is 5.83. The van der Waals surface area contributed by atoms with Crippen LogP contribution >= 0.6 is 0 Å². The normalized spacial score (nSPS) is 34.4. The van der Waals surface area contributed by atoms with E-state index >= 15 is 0 Å². The summed E-state index contributed by atoms with van der Waals surface area (Å²) in [5, 5.41) is 10.8. The van der Waals surface area contributed by atoms with Crippen LogP contribution in [0.3, 0.4) is 0 Å². The SMILES string of the molecule is CO[C@@H]1[C@H](OC(=O)OCc2ccc([N+](=O)[O-])cc2)CC[C@]2(CO2)[C@H]1[C@@]1(C)O[C@@H]1CC=C(C)C. The lowest BCUT2D eigenvalue weighted by molar-refractivity contribution is -0.384. The van der Waals surface area contributed by atoms with Crippen molar-refractivity contribution in [3.8, 4) is 0 Å². The summed E-state index contributed by atoms with van der Waals surface area (Å²) < 4.78 is 28.9. The highest BCUT2D eigenvalue weighted by molar-refractivity contribution is 5.60. The van der Waals surface area contributed by atoms with Gasteiger partial charge in [0, 0.05) is 19.2 Å². The number of methoxy groups -OCH3 is 1. The molecule has 1 aliphatic carbocycles. The van der Waals surface area contributed by atoms with Crippen molar-refractivity contribution >= 4 is 11.8 Å². The number of carbonyl (C=O) groups is 1. The van der Waals surface area contributed by atoms with Crippen molar-refractivity contribution in [2.45, 2.75) is 76.2 Å². The Morgan fingerprint density at radius 1 is 1.30 bits per heavy atom. The van der Waals surface area contributed by atoms with E-state index in [1.165, 1.54) is 17.7 Å². The van der Waals surface area contributed by atoms with E-state index in [-0.39, 0.29) is 36.0 Å². The van der Waals surface area contributed by atoms with Crippen LogP contribution in [0.15, 0.2) is 35.9 Å². The van der Waals surface area contributed by atoms with E-state index in [0.717, 1.165) is 12.8 Å². The molecule has 4 rings (SSSR count). The maximum Gasteiger partial charge on any atom is 0.508 e. The highest BCUT2D eigenvalue weighted by atomic mass is 16.7. The van der Waals surface area contributed by atoms with Gasteiger partial charge in [0.25, 0.3) is 5.69 Å². The molecule has 1 aromatic rings. The molecule has 0 aromatic heterocycles. The largest absolute Gasteiger partial charge is 0.508 e. The first-order valence-electron chi connectivity index (χ1n) is 11.2. The van der Waals surface area contributed by atoms with Gasteiger partial charge >= 0.3 is 6.16 Å². The lowest BCUT2D eigenvalue weighted by Crippen LogP contribution is -2.55. The van der Waals surface area contributed by atoms with Crippen molar-refractivity contribution in [3.63, 3.8) is 0 Å². The third-order valence-electron chi connectivity index (χ3n) is 6.99. The highest BCUT2D eigenvalue weighted by Gasteiger charge is 2.72. The minimum Gasteiger partial charge on any atom is -0.429 e. The lowest BCUT2D eigenvalue weighted by atomic mass is 9.68. The Kier molecular flexibility index (Phi) is 6.48. The molecular weight excluding hydrogens is 430 g/mol. The minimum atomic E-state index is -0.797. The van der Waals surface area contributed by atoms with Gasteiger partial charge in [-0.05, 0) is 57.7 Å². The van der Waals surface area contributed by atoms with Gasteiger partial charge in [-0.3, -0.25) is 10.1 Å². The quantitative estimate of drug-likeness (QED) is 0.185. The van der Waals surface area contributed by atoms with Crippen LogP contribution in [0.25, 0.3) is 0 Å². The van der Waals surface area contributed by atoms with Crippen molar-refractivity contribution in [2.75, 3.05) is 13.7 Å². The van der Waals surface area contributed by atoms with E-state index in [1.54, 1.807) is 19.2 Å². The second-order valence-electron chi connectivity index (χ2n) is 9.50. The molecule has 1 aromatic carbocycles. The number of non-ortho nitro benzene ring substituents is 1. The fourth-order valence-electron chi connectivity index (χ4n) is 5.08. The Balaban J connectivity index is 1.38. The molecule has 6 atom stereocenters. The van der Waals surface area contributed by atoms with Gasteiger partial charge in [-0.25, -0.2) is 4.79 Å². The molecule has 0 bridgehead atoms. The van der Waals surface area contributed by atoms with Crippen molar-refractivity contribution < 1.29 is 33.4 Å². The van der Waals surface area contributed by atoms with Crippen molar-refractivity contribution in [1.82, 2.24) is 0 Å². The number of carbonyl (C=O) groups excluding carboxylic acids is 1. The van der Waals surface area contributed by atoms with E-state index in [1.807, 2.05) is 0 Å². The molecule has 180 valence electrons. The number of benzene rings is 1. The van der Waals surface area contributed by atoms with Crippen LogP contribution in [-0.4, -0.2) is 54.3 Å². The van der Waals surface area contributed by atoms with Crippen LogP contribution in [-0.2, 0) is 30.3 Å². The molecule has 0 N–H and O–H groups in total. The maximum atomic E-state index is 12.4. The average molecular weight is 462 g/mol. The molecule has 3 fully saturated rings. The molecule has 0 radical (unpaired) electrons. The highest BCUT2D eigenvalue weighted by Crippen LogP contribution is 2.59. The van der Waals surface area contributed by atoms with Crippen LogP contribution in [0.4, 0.5) is 10.5 Å². The van der Waals surface area contributed by atoms with Gasteiger partial charge in [0.05, 0.1) is 23.6 Å². The van der Waals surface area contributed by atoms with Crippen LogP contribution in [0, 0.1) is 16.0 Å². The minimum absolute atomic E-state index is 0.0209. The number of nitro benzene ring substituents is 1. The van der Waals surface area contributed by atoms with Gasteiger partial charge in [0.15, 0.2) is 0 Å². The number of allylic oxidation sites excluding steroid dienone is 1. The van der Waals surface area contributed by atoms with Gasteiger partial charge < -0.3 is 23.7 Å². The van der Waals surface area contributed by atoms with E-state index in [4.69, 9.17) is 23.7 Å². The van der Waals surface area contributed by atoms with Gasteiger partial charge in [0.1, 0.15) is 30.0 Å². The number of hydrogen-bond acceptors (Lipinski definition) is 8. The summed E-state index contributed by atoms with van der Waals surface area (Å²) in [4.78, 5) is 22.7. The molecule has 9 heteroatoms. The zero-order valence-corrected chi connectivity index (χ0v) is 19.4. The molecule has 33 heavy (non-hydrogen) atoms. The Morgan fingerprint density at radius 2 is 2.00 bits per heavy atom. The number of hydrogen-bond donors (Lipinski definition) is 0. The Morgan fingerprint density at radius 3 is 2.58 bits per heavy atom. The molecule has 0 amide bonds. The van der Waals surface area contributed by atoms with Crippen LogP contribution < -0.4 is 0 Å². The molecule has 1 saturated carbocycles. The zero-order chi connectivity index (χ0) is 23.8. The number of nitrogens with zero attached hydrogens (tertiary/aromatic N) is 1. The topological polar surface area (TPSA) is 113 Å². The second-order valence-corrected chi connectivity index (χ2v) is 9.50. The van der Waals surface area contributed by atoms with Crippen molar-refractivity contribution in [2.24, 2.45) is 5.92 Å². The zero-order valence-electron chi connectivity index (χ0n) is 19.4. The van der Waals surface area contributed by atoms with Crippen molar-refractivity contribution in [1.29, 1.82) is 0 Å². The summed E-state index contributed by atoms with van der Waals surface area (Å²) in [5.74, 6) is -0.0632. The van der Waals surface area contributed by atoms with E-state index in [9.17, 15) is 14.9 Å². The molecule has 0 unspecified atom stereocenters. The fraction of sp³-hybridized carbons (Fsp3) is 0.625. The van der Waals surface area contributed by atoms with E-state index in [0.29, 0.717) is 18.6 Å². The third kappa shape index (κ3) is 4.90. The summed E-state index contributed by atoms with van der Waals surface area (Å²) in [6.07, 6.45) is 2.77. The molecule has 1 spiro atoms. The Labute approximate surface area is 193 Å². The summed E-state index contributed by atoms with van der Waals surface area (Å²) in [5.41, 5.74) is 1.15. The van der Waals surface area contributed by atoms with Crippen LogP contribution in [0.2, 0.25) is 0 Å². The molecule has 9 nitrogen and oxygen atoms in total. The lowest BCUT2D eigenvalue weighted by Gasteiger charge is -2.42. The maximum absolute atomic E-state index is 12.4. The first kappa shape index (κ1) is 23.7. The summed E-state index contributed by atoms with van der Waals surface area (Å²) >= 11 is 0. The number of rotatable bonds is 8. The Bertz CT molecular complexity index is 921. The first-order valence-corrected chi connectivity index (χ1v) is 11.2. The van der Waals surface area contributed by atoms with Crippen molar-refractivity contribution in [3.05, 3.63) is 51.6 Å².